The van der Waals surface area contributed by atoms with E-state index in [2.05, 4.69) is 16.0 Å². The van der Waals surface area contributed by atoms with Crippen LogP contribution in [0.25, 0.3) is 0 Å². The molecule has 0 aliphatic rings. The second-order valence-corrected chi connectivity index (χ2v) is 4.43. The second kappa shape index (κ2) is 7.41. The number of nitrogens with one attached hydrogen (secondary N) is 3. The Balaban J connectivity index is 2.47. The predicted octanol–water partition coefficient (Wildman–Crippen LogP) is 2.03. The summed E-state index contributed by atoms with van der Waals surface area (Å²) in [5, 5.41) is 8.06. The van der Waals surface area contributed by atoms with Crippen LogP contribution in [0.2, 0.25) is 0 Å². The minimum Gasteiger partial charge on any atom is -0.354 e. The molecule has 3 amide bonds. The first-order chi connectivity index (χ1) is 9.04. The standard InChI is InChI=1S/C14H21N3O2/c1-4-9-15-13(18)11(3)16-14(19)17-12-8-6-5-7-10(12)2/h5-8,11H,4,9H2,1-3H3,(H,15,18)(H2,16,17,19)/t11-/m1/s1. The molecule has 0 heterocycles. The van der Waals surface area contributed by atoms with Gasteiger partial charge in [-0.2, -0.15) is 0 Å². The second-order valence-electron chi connectivity index (χ2n) is 4.43. The minimum absolute atomic E-state index is 0.179. The molecule has 104 valence electrons. The van der Waals surface area contributed by atoms with Gasteiger partial charge in [-0.1, -0.05) is 25.1 Å². The summed E-state index contributed by atoms with van der Waals surface area (Å²) in [6.45, 7) is 6.16. The van der Waals surface area contributed by atoms with Crippen LogP contribution in [0.4, 0.5) is 10.5 Å². The third kappa shape index (κ3) is 4.99. The number of rotatable bonds is 5. The first kappa shape index (κ1) is 15.0. The molecule has 1 rings (SSSR count). The highest BCUT2D eigenvalue weighted by atomic mass is 16.2. The smallest absolute Gasteiger partial charge is 0.319 e. The molecular weight excluding hydrogens is 242 g/mol. The average Bonchev–Trinajstić information content (AvgIpc) is 2.38. The number of anilines is 1. The lowest BCUT2D eigenvalue weighted by Gasteiger charge is -2.15. The summed E-state index contributed by atoms with van der Waals surface area (Å²) >= 11 is 0. The number of amides is 3. The Labute approximate surface area is 113 Å². The van der Waals surface area contributed by atoms with Gasteiger partial charge >= 0.3 is 6.03 Å². The van der Waals surface area contributed by atoms with E-state index >= 15 is 0 Å². The van der Waals surface area contributed by atoms with Gasteiger partial charge in [-0.3, -0.25) is 4.79 Å². The Morgan fingerprint density at radius 1 is 1.26 bits per heavy atom. The van der Waals surface area contributed by atoms with Crippen molar-refractivity contribution in [2.45, 2.75) is 33.2 Å². The van der Waals surface area contributed by atoms with E-state index in [1.807, 2.05) is 38.1 Å². The average molecular weight is 263 g/mol. The zero-order chi connectivity index (χ0) is 14.3. The Hall–Kier alpha value is -2.04. The number of para-hydroxylation sites is 1. The van der Waals surface area contributed by atoms with Gasteiger partial charge in [-0.15, -0.1) is 0 Å². The normalized spacial score (nSPS) is 11.5. The summed E-state index contributed by atoms with van der Waals surface area (Å²) in [6, 6.07) is 6.53. The van der Waals surface area contributed by atoms with Gasteiger partial charge in [-0.05, 0) is 31.9 Å². The molecule has 3 N–H and O–H groups in total. The van der Waals surface area contributed by atoms with Gasteiger partial charge in [0.25, 0.3) is 0 Å². The Morgan fingerprint density at radius 3 is 2.58 bits per heavy atom. The van der Waals surface area contributed by atoms with Gasteiger partial charge in [-0.25, -0.2) is 4.79 Å². The van der Waals surface area contributed by atoms with Crippen LogP contribution in [0, 0.1) is 6.92 Å². The lowest BCUT2D eigenvalue weighted by molar-refractivity contribution is -0.122. The molecule has 19 heavy (non-hydrogen) atoms. The van der Waals surface area contributed by atoms with Crippen molar-refractivity contribution >= 4 is 17.6 Å². The monoisotopic (exact) mass is 263 g/mol. The fourth-order valence-corrected chi connectivity index (χ4v) is 1.54. The van der Waals surface area contributed by atoms with Crippen LogP contribution in [-0.2, 0) is 4.79 Å². The molecule has 0 radical (unpaired) electrons. The van der Waals surface area contributed by atoms with E-state index < -0.39 is 6.04 Å². The summed E-state index contributed by atoms with van der Waals surface area (Å²) in [4.78, 5) is 23.4. The maximum Gasteiger partial charge on any atom is 0.319 e. The van der Waals surface area contributed by atoms with E-state index in [0.29, 0.717) is 6.54 Å². The van der Waals surface area contributed by atoms with Gasteiger partial charge in [0.05, 0.1) is 0 Å². The fraction of sp³-hybridized carbons (Fsp3) is 0.429. The topological polar surface area (TPSA) is 70.2 Å². The largest absolute Gasteiger partial charge is 0.354 e. The molecular formula is C14H21N3O2. The minimum atomic E-state index is -0.560. The zero-order valence-corrected chi connectivity index (χ0v) is 11.6. The molecule has 5 nitrogen and oxygen atoms in total. The van der Waals surface area contributed by atoms with Gasteiger partial charge in [0, 0.05) is 12.2 Å². The first-order valence-electron chi connectivity index (χ1n) is 6.45. The van der Waals surface area contributed by atoms with E-state index in [4.69, 9.17) is 0 Å². The number of carbonyl (C=O) groups excluding carboxylic acids is 2. The molecule has 0 saturated heterocycles. The third-order valence-corrected chi connectivity index (χ3v) is 2.68. The highest BCUT2D eigenvalue weighted by Crippen LogP contribution is 2.12. The molecule has 5 heteroatoms. The molecule has 0 saturated carbocycles. The molecule has 1 aromatic carbocycles. The van der Waals surface area contributed by atoms with E-state index in [1.165, 1.54) is 0 Å². The molecule has 0 spiro atoms. The lowest BCUT2D eigenvalue weighted by Crippen LogP contribution is -2.46. The Kier molecular flexibility index (Phi) is 5.85. The number of hydrogen-bond donors (Lipinski definition) is 3. The Bertz CT molecular complexity index is 446. The molecule has 0 fully saturated rings. The van der Waals surface area contributed by atoms with Crippen LogP contribution in [0.5, 0.6) is 0 Å². The van der Waals surface area contributed by atoms with E-state index in [9.17, 15) is 9.59 Å². The predicted molar refractivity (Wildman–Crippen MR) is 76.1 cm³/mol. The quantitative estimate of drug-likeness (QED) is 0.760. The van der Waals surface area contributed by atoms with Gasteiger partial charge in [0.15, 0.2) is 0 Å². The maximum atomic E-state index is 11.8. The molecule has 0 aliphatic carbocycles. The van der Waals surface area contributed by atoms with Crippen LogP contribution >= 0.6 is 0 Å². The van der Waals surface area contributed by atoms with Crippen molar-refractivity contribution < 1.29 is 9.59 Å². The maximum absolute atomic E-state index is 11.8. The van der Waals surface area contributed by atoms with Crippen LogP contribution in [-0.4, -0.2) is 24.5 Å². The van der Waals surface area contributed by atoms with Crippen molar-refractivity contribution in [3.8, 4) is 0 Å². The first-order valence-corrected chi connectivity index (χ1v) is 6.45. The summed E-state index contributed by atoms with van der Waals surface area (Å²) in [5.74, 6) is -0.179. The van der Waals surface area contributed by atoms with Crippen LogP contribution in [0.15, 0.2) is 24.3 Å². The number of aryl methyl sites for hydroxylation is 1. The molecule has 1 aromatic rings. The van der Waals surface area contributed by atoms with E-state index in [0.717, 1.165) is 17.7 Å². The molecule has 0 aromatic heterocycles. The van der Waals surface area contributed by atoms with Gasteiger partial charge < -0.3 is 16.0 Å². The number of urea groups is 1. The molecule has 0 unspecified atom stereocenters. The van der Waals surface area contributed by atoms with Crippen molar-refractivity contribution in [1.82, 2.24) is 10.6 Å². The zero-order valence-electron chi connectivity index (χ0n) is 11.6. The third-order valence-electron chi connectivity index (χ3n) is 2.68. The summed E-state index contributed by atoms with van der Waals surface area (Å²) < 4.78 is 0. The summed E-state index contributed by atoms with van der Waals surface area (Å²) in [5.41, 5.74) is 1.71. The fourth-order valence-electron chi connectivity index (χ4n) is 1.54. The molecule has 1 atom stereocenters. The van der Waals surface area contributed by atoms with Crippen LogP contribution in [0.1, 0.15) is 25.8 Å². The Morgan fingerprint density at radius 2 is 1.95 bits per heavy atom. The van der Waals surface area contributed by atoms with Crippen molar-refractivity contribution in [1.29, 1.82) is 0 Å². The molecule has 0 bridgehead atoms. The number of benzene rings is 1. The highest BCUT2D eigenvalue weighted by Gasteiger charge is 2.14. The van der Waals surface area contributed by atoms with Crippen molar-refractivity contribution in [2.24, 2.45) is 0 Å². The van der Waals surface area contributed by atoms with Crippen molar-refractivity contribution in [3.63, 3.8) is 0 Å². The van der Waals surface area contributed by atoms with E-state index in [-0.39, 0.29) is 11.9 Å². The summed E-state index contributed by atoms with van der Waals surface area (Å²) in [6.07, 6.45) is 0.869. The van der Waals surface area contributed by atoms with Crippen LogP contribution in [0.3, 0.4) is 0 Å². The highest BCUT2D eigenvalue weighted by molar-refractivity contribution is 5.94. The van der Waals surface area contributed by atoms with Crippen molar-refractivity contribution in [2.75, 3.05) is 11.9 Å². The van der Waals surface area contributed by atoms with Crippen LogP contribution < -0.4 is 16.0 Å². The molecule has 0 aliphatic heterocycles. The number of hydrogen-bond acceptors (Lipinski definition) is 2. The number of carbonyl (C=O) groups is 2. The lowest BCUT2D eigenvalue weighted by atomic mass is 10.2. The van der Waals surface area contributed by atoms with Gasteiger partial charge in [0.2, 0.25) is 5.91 Å². The van der Waals surface area contributed by atoms with Gasteiger partial charge in [0.1, 0.15) is 6.04 Å². The SMILES string of the molecule is CCCNC(=O)[C@@H](C)NC(=O)Nc1ccccc1C. The van der Waals surface area contributed by atoms with E-state index in [1.54, 1.807) is 6.92 Å². The summed E-state index contributed by atoms with van der Waals surface area (Å²) in [7, 11) is 0. The van der Waals surface area contributed by atoms with Crippen molar-refractivity contribution in [3.05, 3.63) is 29.8 Å².